The molecule has 1 aliphatic rings. The Hall–Kier alpha value is -3.39. The number of nitrogens with one attached hydrogen (secondary N) is 2. The molecule has 0 saturated carbocycles. The second-order valence-corrected chi connectivity index (χ2v) is 8.57. The SMILES string of the molecule is C[C@H]1CCCN1CCNc1ccc(-n2ccc(-c3ccc(C(F)(F)F)cc3)cc2=O)cc1C=N. The van der Waals surface area contributed by atoms with Crippen LogP contribution < -0.4 is 10.9 Å². The van der Waals surface area contributed by atoms with Crippen LogP contribution in [0.5, 0.6) is 0 Å². The molecule has 0 radical (unpaired) electrons. The van der Waals surface area contributed by atoms with Crippen molar-refractivity contribution in [2.24, 2.45) is 0 Å². The minimum absolute atomic E-state index is 0.308. The van der Waals surface area contributed by atoms with Crippen LogP contribution in [0.15, 0.2) is 65.6 Å². The molecule has 5 nitrogen and oxygen atoms in total. The van der Waals surface area contributed by atoms with Crippen molar-refractivity contribution in [3.05, 3.63) is 82.3 Å². The molecule has 1 fully saturated rings. The second kappa shape index (κ2) is 9.85. The Balaban J connectivity index is 1.50. The van der Waals surface area contributed by atoms with E-state index in [1.54, 1.807) is 18.3 Å². The van der Waals surface area contributed by atoms with Crippen molar-refractivity contribution in [3.63, 3.8) is 0 Å². The number of alkyl halides is 3. The summed E-state index contributed by atoms with van der Waals surface area (Å²) in [6, 6.07) is 13.9. The smallest absolute Gasteiger partial charge is 0.383 e. The predicted molar refractivity (Wildman–Crippen MR) is 129 cm³/mol. The van der Waals surface area contributed by atoms with E-state index in [1.807, 2.05) is 12.1 Å². The van der Waals surface area contributed by atoms with Crippen molar-refractivity contribution in [3.8, 4) is 16.8 Å². The normalized spacial score (nSPS) is 16.5. The summed E-state index contributed by atoms with van der Waals surface area (Å²) in [6.45, 7) is 5.06. The van der Waals surface area contributed by atoms with Gasteiger partial charge >= 0.3 is 6.18 Å². The van der Waals surface area contributed by atoms with Crippen LogP contribution in [-0.4, -0.2) is 41.4 Å². The lowest BCUT2D eigenvalue weighted by atomic mass is 10.0. The highest BCUT2D eigenvalue weighted by Gasteiger charge is 2.30. The molecule has 34 heavy (non-hydrogen) atoms. The third kappa shape index (κ3) is 5.22. The lowest BCUT2D eigenvalue weighted by Gasteiger charge is -2.21. The van der Waals surface area contributed by atoms with Gasteiger partial charge in [0.25, 0.3) is 5.56 Å². The number of nitrogens with zero attached hydrogens (tertiary/aromatic N) is 2. The Kier molecular flexibility index (Phi) is 6.88. The summed E-state index contributed by atoms with van der Waals surface area (Å²) in [5.74, 6) is 0. The standard InChI is InChI=1S/C26H27F3N4O/c1-18-3-2-12-32(18)14-11-31-24-9-8-23(15-21(24)17-30)33-13-10-20(16-25(33)34)19-4-6-22(7-5-19)26(27,28)29/h4-10,13,15-18,30-31H,2-3,11-12,14H2,1H3/t18-/m0/s1. The van der Waals surface area contributed by atoms with E-state index in [2.05, 4.69) is 17.1 Å². The van der Waals surface area contributed by atoms with Gasteiger partial charge in [0.1, 0.15) is 0 Å². The van der Waals surface area contributed by atoms with Gasteiger partial charge in [-0.25, -0.2) is 0 Å². The molecule has 178 valence electrons. The van der Waals surface area contributed by atoms with E-state index in [0.29, 0.717) is 28.4 Å². The summed E-state index contributed by atoms with van der Waals surface area (Å²) in [4.78, 5) is 15.2. The molecule has 4 rings (SSSR count). The van der Waals surface area contributed by atoms with Crippen molar-refractivity contribution < 1.29 is 13.2 Å². The Morgan fingerprint density at radius 3 is 2.47 bits per heavy atom. The molecule has 0 aliphatic carbocycles. The summed E-state index contributed by atoms with van der Waals surface area (Å²) in [5, 5.41) is 11.2. The van der Waals surface area contributed by atoms with Crippen molar-refractivity contribution in [2.45, 2.75) is 32.0 Å². The average Bonchev–Trinajstić information content (AvgIpc) is 3.23. The third-order valence-electron chi connectivity index (χ3n) is 6.34. The molecule has 0 amide bonds. The molecule has 0 spiro atoms. The van der Waals surface area contributed by atoms with Crippen molar-refractivity contribution in [1.82, 2.24) is 9.47 Å². The molecule has 2 aromatic carbocycles. The van der Waals surface area contributed by atoms with Crippen LogP contribution in [0.4, 0.5) is 18.9 Å². The first-order valence-corrected chi connectivity index (χ1v) is 11.3. The summed E-state index contributed by atoms with van der Waals surface area (Å²) in [5.41, 5.74) is 2.15. The summed E-state index contributed by atoms with van der Waals surface area (Å²) >= 11 is 0. The van der Waals surface area contributed by atoms with E-state index >= 15 is 0 Å². The molecule has 8 heteroatoms. The first kappa shape index (κ1) is 23.8. The van der Waals surface area contributed by atoms with E-state index in [9.17, 15) is 18.0 Å². The van der Waals surface area contributed by atoms with Crippen LogP contribution in [0.1, 0.15) is 30.9 Å². The van der Waals surface area contributed by atoms with Crippen LogP contribution in [-0.2, 0) is 6.18 Å². The van der Waals surface area contributed by atoms with E-state index in [-0.39, 0.29) is 5.56 Å². The van der Waals surface area contributed by atoms with Crippen LogP contribution >= 0.6 is 0 Å². The number of halogens is 3. The molecule has 0 unspecified atom stereocenters. The number of aromatic nitrogens is 1. The van der Waals surface area contributed by atoms with Gasteiger partial charge in [-0.2, -0.15) is 13.2 Å². The largest absolute Gasteiger partial charge is 0.416 e. The lowest BCUT2D eigenvalue weighted by molar-refractivity contribution is -0.137. The monoisotopic (exact) mass is 468 g/mol. The Morgan fingerprint density at radius 1 is 1.09 bits per heavy atom. The number of pyridine rings is 1. The zero-order valence-electron chi connectivity index (χ0n) is 18.9. The Bertz CT molecular complexity index is 1220. The second-order valence-electron chi connectivity index (χ2n) is 8.57. The van der Waals surface area contributed by atoms with Crippen LogP contribution in [0.3, 0.4) is 0 Å². The van der Waals surface area contributed by atoms with Crippen LogP contribution in [0, 0.1) is 5.41 Å². The highest BCUT2D eigenvalue weighted by Crippen LogP contribution is 2.30. The minimum atomic E-state index is -4.40. The van der Waals surface area contributed by atoms with Crippen LogP contribution in [0.2, 0.25) is 0 Å². The molecule has 2 N–H and O–H groups in total. The molecular formula is C26H27F3N4O. The molecule has 1 atom stereocenters. The zero-order valence-corrected chi connectivity index (χ0v) is 18.9. The number of hydrogen-bond acceptors (Lipinski definition) is 4. The Morgan fingerprint density at radius 2 is 1.85 bits per heavy atom. The molecular weight excluding hydrogens is 441 g/mol. The molecule has 1 aromatic heterocycles. The number of rotatable bonds is 7. The van der Waals surface area contributed by atoms with Crippen molar-refractivity contribution >= 4 is 11.9 Å². The summed E-state index contributed by atoms with van der Waals surface area (Å²) < 4.78 is 39.8. The topological polar surface area (TPSA) is 61.1 Å². The predicted octanol–water partition coefficient (Wildman–Crippen LogP) is 5.42. The molecule has 1 aliphatic heterocycles. The van der Waals surface area contributed by atoms with Gasteiger partial charge in [-0.05, 0) is 73.8 Å². The fourth-order valence-corrected chi connectivity index (χ4v) is 4.36. The van der Waals surface area contributed by atoms with Gasteiger partial charge in [-0.1, -0.05) is 12.1 Å². The highest BCUT2D eigenvalue weighted by molar-refractivity contribution is 5.86. The zero-order chi connectivity index (χ0) is 24.3. The quantitative estimate of drug-likeness (QED) is 0.456. The van der Waals surface area contributed by atoms with E-state index in [1.165, 1.54) is 41.8 Å². The maximum absolute atomic E-state index is 12.8. The highest BCUT2D eigenvalue weighted by atomic mass is 19.4. The van der Waals surface area contributed by atoms with Crippen molar-refractivity contribution in [1.29, 1.82) is 5.41 Å². The number of anilines is 1. The number of hydrogen-bond donors (Lipinski definition) is 2. The van der Waals surface area contributed by atoms with Crippen LogP contribution in [0.25, 0.3) is 16.8 Å². The van der Waals surface area contributed by atoms with E-state index < -0.39 is 11.7 Å². The molecule has 0 bridgehead atoms. The van der Waals surface area contributed by atoms with Gasteiger partial charge in [0.05, 0.1) is 5.56 Å². The van der Waals surface area contributed by atoms with Gasteiger partial charge < -0.3 is 10.7 Å². The van der Waals surface area contributed by atoms with E-state index in [0.717, 1.165) is 37.5 Å². The van der Waals surface area contributed by atoms with Gasteiger partial charge in [-0.3, -0.25) is 14.3 Å². The molecule has 1 saturated heterocycles. The Labute approximate surface area is 196 Å². The maximum atomic E-state index is 12.8. The minimum Gasteiger partial charge on any atom is -0.383 e. The lowest BCUT2D eigenvalue weighted by Crippen LogP contribution is -2.31. The fraction of sp³-hybridized carbons (Fsp3) is 0.308. The average molecular weight is 469 g/mol. The van der Waals surface area contributed by atoms with Gasteiger partial charge in [-0.15, -0.1) is 0 Å². The molecule has 2 heterocycles. The van der Waals surface area contributed by atoms with E-state index in [4.69, 9.17) is 5.41 Å². The third-order valence-corrected chi connectivity index (χ3v) is 6.34. The fourth-order valence-electron chi connectivity index (χ4n) is 4.36. The van der Waals surface area contributed by atoms with Gasteiger partial charge in [0.15, 0.2) is 0 Å². The maximum Gasteiger partial charge on any atom is 0.416 e. The van der Waals surface area contributed by atoms with Crippen molar-refractivity contribution in [2.75, 3.05) is 25.0 Å². The summed E-state index contributed by atoms with van der Waals surface area (Å²) in [6.07, 6.45) is 0.912. The van der Waals surface area contributed by atoms with Gasteiger partial charge in [0.2, 0.25) is 0 Å². The number of likely N-dealkylation sites (tertiary alicyclic amines) is 1. The first-order valence-electron chi connectivity index (χ1n) is 11.3. The number of benzene rings is 2. The van der Waals surface area contributed by atoms with Gasteiger partial charge in [0, 0.05) is 54.5 Å². The first-order chi connectivity index (χ1) is 16.3. The molecule has 3 aromatic rings. The summed E-state index contributed by atoms with van der Waals surface area (Å²) in [7, 11) is 0.